The Morgan fingerprint density at radius 1 is 1.55 bits per heavy atom. The molecule has 0 saturated carbocycles. The molecule has 4 N–H and O–H groups in total. The summed E-state index contributed by atoms with van der Waals surface area (Å²) in [4.78, 5) is 0. The number of hydrazine groups is 1. The molecule has 0 amide bonds. The number of nitrogens with zero attached hydrogens (tertiary/aromatic N) is 2. The SMILES string of the molecule is CN(C(=N)N)N1CCNCC1. The summed E-state index contributed by atoms with van der Waals surface area (Å²) in [6, 6.07) is 0. The van der Waals surface area contributed by atoms with Crippen LogP contribution in [0.25, 0.3) is 0 Å². The first-order valence-electron chi connectivity index (χ1n) is 3.75. The molecule has 0 spiro atoms. The first kappa shape index (κ1) is 8.29. The zero-order valence-corrected chi connectivity index (χ0v) is 6.80. The Bertz CT molecular complexity index is 140. The van der Waals surface area contributed by atoms with Crippen LogP contribution in [0.4, 0.5) is 0 Å². The number of rotatable bonds is 1. The van der Waals surface area contributed by atoms with Gasteiger partial charge in [-0.15, -0.1) is 0 Å². The highest BCUT2D eigenvalue weighted by molar-refractivity contribution is 5.73. The van der Waals surface area contributed by atoms with Crippen molar-refractivity contribution >= 4 is 5.96 Å². The minimum Gasteiger partial charge on any atom is -0.369 e. The molecular weight excluding hydrogens is 142 g/mol. The van der Waals surface area contributed by atoms with Gasteiger partial charge in [0.2, 0.25) is 5.96 Å². The molecule has 5 nitrogen and oxygen atoms in total. The lowest BCUT2D eigenvalue weighted by Gasteiger charge is -2.35. The van der Waals surface area contributed by atoms with Crippen LogP contribution in [0.15, 0.2) is 0 Å². The zero-order chi connectivity index (χ0) is 8.27. The quantitative estimate of drug-likeness (QED) is 0.324. The van der Waals surface area contributed by atoms with Crippen LogP contribution in [0, 0.1) is 5.41 Å². The Labute approximate surface area is 66.6 Å². The van der Waals surface area contributed by atoms with E-state index in [0.29, 0.717) is 0 Å². The molecule has 0 atom stereocenters. The van der Waals surface area contributed by atoms with Crippen molar-refractivity contribution < 1.29 is 0 Å². The second-order valence-electron chi connectivity index (χ2n) is 2.61. The largest absolute Gasteiger partial charge is 0.369 e. The lowest BCUT2D eigenvalue weighted by Crippen LogP contribution is -2.54. The summed E-state index contributed by atoms with van der Waals surface area (Å²) in [5.41, 5.74) is 5.31. The Hall–Kier alpha value is -0.810. The number of guanidine groups is 1. The average Bonchev–Trinajstić information content (AvgIpc) is 2.05. The van der Waals surface area contributed by atoms with E-state index < -0.39 is 0 Å². The van der Waals surface area contributed by atoms with E-state index in [0.717, 1.165) is 26.2 Å². The molecule has 0 radical (unpaired) electrons. The van der Waals surface area contributed by atoms with Gasteiger partial charge in [-0.05, 0) is 0 Å². The van der Waals surface area contributed by atoms with Crippen molar-refractivity contribution in [3.05, 3.63) is 0 Å². The molecule has 1 aliphatic heterocycles. The van der Waals surface area contributed by atoms with Gasteiger partial charge in [0.15, 0.2) is 0 Å². The third-order valence-corrected chi connectivity index (χ3v) is 1.87. The molecule has 1 aliphatic rings. The van der Waals surface area contributed by atoms with Crippen LogP contribution in [-0.4, -0.2) is 49.2 Å². The van der Waals surface area contributed by atoms with Crippen molar-refractivity contribution in [3.63, 3.8) is 0 Å². The molecule has 0 aromatic heterocycles. The fourth-order valence-electron chi connectivity index (χ4n) is 1.11. The van der Waals surface area contributed by atoms with Gasteiger partial charge in [-0.25, -0.2) is 5.01 Å². The molecule has 1 saturated heterocycles. The van der Waals surface area contributed by atoms with Crippen LogP contribution in [0.5, 0.6) is 0 Å². The molecule has 0 bridgehead atoms. The number of nitrogens with two attached hydrogens (primary N) is 1. The Morgan fingerprint density at radius 2 is 2.09 bits per heavy atom. The van der Waals surface area contributed by atoms with Crippen LogP contribution < -0.4 is 11.1 Å². The van der Waals surface area contributed by atoms with Crippen molar-refractivity contribution in [3.8, 4) is 0 Å². The minimum absolute atomic E-state index is 0.104. The van der Waals surface area contributed by atoms with Crippen LogP contribution in [-0.2, 0) is 0 Å². The zero-order valence-electron chi connectivity index (χ0n) is 6.80. The van der Waals surface area contributed by atoms with Crippen LogP contribution in [0.1, 0.15) is 0 Å². The maximum absolute atomic E-state index is 7.18. The topological polar surface area (TPSA) is 68.4 Å². The normalized spacial score (nSPS) is 19.7. The summed E-state index contributed by atoms with van der Waals surface area (Å²) in [6.45, 7) is 3.79. The maximum atomic E-state index is 7.18. The van der Waals surface area contributed by atoms with Gasteiger partial charge in [-0.2, -0.15) is 0 Å². The monoisotopic (exact) mass is 157 g/mol. The van der Waals surface area contributed by atoms with Gasteiger partial charge in [0, 0.05) is 33.2 Å². The Kier molecular flexibility index (Phi) is 2.67. The molecular formula is C6H15N5. The van der Waals surface area contributed by atoms with Crippen LogP contribution in [0.2, 0.25) is 0 Å². The third-order valence-electron chi connectivity index (χ3n) is 1.87. The standard InChI is InChI=1S/C6H15N5/c1-10(6(7)8)11-4-2-9-3-5-11/h9H,2-5H2,1H3,(H3,7,8). The van der Waals surface area contributed by atoms with E-state index in [1.54, 1.807) is 5.01 Å². The van der Waals surface area contributed by atoms with Crippen LogP contribution >= 0.6 is 0 Å². The average molecular weight is 157 g/mol. The maximum Gasteiger partial charge on any atom is 0.202 e. The van der Waals surface area contributed by atoms with Gasteiger partial charge < -0.3 is 11.1 Å². The minimum atomic E-state index is 0.104. The van der Waals surface area contributed by atoms with E-state index in [-0.39, 0.29) is 5.96 Å². The first-order chi connectivity index (χ1) is 5.22. The fraction of sp³-hybridized carbons (Fsp3) is 0.833. The summed E-state index contributed by atoms with van der Waals surface area (Å²) < 4.78 is 0. The number of hydrogen-bond acceptors (Lipinski definition) is 3. The molecule has 0 aromatic carbocycles. The molecule has 11 heavy (non-hydrogen) atoms. The van der Waals surface area contributed by atoms with Gasteiger partial charge in [-0.3, -0.25) is 10.4 Å². The van der Waals surface area contributed by atoms with E-state index >= 15 is 0 Å². The van der Waals surface area contributed by atoms with Crippen molar-refractivity contribution in [2.45, 2.75) is 0 Å². The third kappa shape index (κ3) is 2.06. The van der Waals surface area contributed by atoms with E-state index in [2.05, 4.69) is 10.3 Å². The van der Waals surface area contributed by atoms with Crippen molar-refractivity contribution in [2.24, 2.45) is 5.73 Å². The molecule has 0 aromatic rings. The molecule has 5 heteroatoms. The summed E-state index contributed by atoms with van der Waals surface area (Å²) in [6.07, 6.45) is 0. The summed E-state index contributed by atoms with van der Waals surface area (Å²) >= 11 is 0. The van der Waals surface area contributed by atoms with E-state index in [1.807, 2.05) is 7.05 Å². The van der Waals surface area contributed by atoms with Gasteiger partial charge >= 0.3 is 0 Å². The predicted octanol–water partition coefficient (Wildman–Crippen LogP) is -1.37. The van der Waals surface area contributed by atoms with Crippen molar-refractivity contribution in [1.82, 2.24) is 15.3 Å². The number of hydrogen-bond donors (Lipinski definition) is 3. The van der Waals surface area contributed by atoms with Crippen molar-refractivity contribution in [1.29, 1.82) is 5.41 Å². The summed E-state index contributed by atoms with van der Waals surface area (Å²) in [7, 11) is 1.81. The lowest BCUT2D eigenvalue weighted by atomic mass is 10.4. The Morgan fingerprint density at radius 3 is 2.55 bits per heavy atom. The highest BCUT2D eigenvalue weighted by Crippen LogP contribution is 1.95. The highest BCUT2D eigenvalue weighted by Gasteiger charge is 2.14. The predicted molar refractivity (Wildman–Crippen MR) is 44.1 cm³/mol. The van der Waals surface area contributed by atoms with Gasteiger partial charge in [0.25, 0.3) is 0 Å². The van der Waals surface area contributed by atoms with Crippen LogP contribution in [0.3, 0.4) is 0 Å². The molecule has 64 valence electrons. The molecule has 0 unspecified atom stereocenters. The molecule has 1 heterocycles. The highest BCUT2D eigenvalue weighted by atomic mass is 15.6. The fourth-order valence-corrected chi connectivity index (χ4v) is 1.11. The van der Waals surface area contributed by atoms with E-state index in [9.17, 15) is 0 Å². The second-order valence-corrected chi connectivity index (χ2v) is 2.61. The van der Waals surface area contributed by atoms with E-state index in [1.165, 1.54) is 0 Å². The summed E-state index contributed by atoms with van der Waals surface area (Å²) in [5.74, 6) is 0.104. The molecule has 1 fully saturated rings. The second kappa shape index (κ2) is 3.54. The van der Waals surface area contributed by atoms with Crippen molar-refractivity contribution in [2.75, 3.05) is 33.2 Å². The molecule has 0 aliphatic carbocycles. The van der Waals surface area contributed by atoms with Gasteiger partial charge in [-0.1, -0.05) is 0 Å². The lowest BCUT2D eigenvalue weighted by molar-refractivity contribution is 0.0535. The smallest absolute Gasteiger partial charge is 0.202 e. The van der Waals surface area contributed by atoms with Gasteiger partial charge in [0.1, 0.15) is 0 Å². The Balaban J connectivity index is 2.38. The van der Waals surface area contributed by atoms with E-state index in [4.69, 9.17) is 11.1 Å². The number of nitrogens with one attached hydrogen (secondary N) is 2. The molecule has 1 rings (SSSR count). The van der Waals surface area contributed by atoms with Gasteiger partial charge in [0.05, 0.1) is 0 Å². The number of piperazine rings is 1. The first-order valence-corrected chi connectivity index (χ1v) is 3.75. The summed E-state index contributed by atoms with van der Waals surface area (Å²) in [5, 5.41) is 14.1.